The van der Waals surface area contributed by atoms with E-state index in [0.717, 1.165) is 52.6 Å². The predicted molar refractivity (Wildman–Crippen MR) is 146 cm³/mol. The van der Waals surface area contributed by atoms with Crippen LogP contribution in [0.15, 0.2) is 66.4 Å². The molecular weight excluding hydrogens is 482 g/mol. The van der Waals surface area contributed by atoms with Gasteiger partial charge in [-0.3, -0.25) is 23.7 Å². The maximum Gasteiger partial charge on any atom is 0.272 e. The van der Waals surface area contributed by atoms with Gasteiger partial charge in [0.25, 0.3) is 17.4 Å². The van der Waals surface area contributed by atoms with Crippen molar-refractivity contribution in [3.8, 4) is 11.1 Å². The van der Waals surface area contributed by atoms with Gasteiger partial charge in [0.2, 0.25) is 5.91 Å². The van der Waals surface area contributed by atoms with Crippen molar-refractivity contribution >= 4 is 40.0 Å². The molecule has 1 aromatic heterocycles. The number of hydrogen-bond acceptors (Lipinski definition) is 5. The summed E-state index contributed by atoms with van der Waals surface area (Å²) in [6.45, 7) is 10.9. The van der Waals surface area contributed by atoms with Gasteiger partial charge < -0.3 is 15.1 Å². The number of benzene rings is 2. The van der Waals surface area contributed by atoms with Gasteiger partial charge in [-0.15, -0.1) is 0 Å². The Kier molecular flexibility index (Phi) is 6.67. The lowest BCUT2D eigenvalue weighted by molar-refractivity contribution is -0.129. The van der Waals surface area contributed by atoms with E-state index in [1.807, 2.05) is 24.3 Å². The molecule has 0 spiro atoms. The molecule has 2 aromatic carbocycles. The van der Waals surface area contributed by atoms with Gasteiger partial charge in [-0.2, -0.15) is 0 Å². The minimum absolute atomic E-state index is 0.00702. The fourth-order valence-electron chi connectivity index (χ4n) is 5.13. The number of aromatic nitrogens is 2. The second-order valence-electron chi connectivity index (χ2n) is 9.62. The van der Waals surface area contributed by atoms with Gasteiger partial charge >= 0.3 is 0 Å². The van der Waals surface area contributed by atoms with Gasteiger partial charge in [-0.05, 0) is 55.0 Å². The number of carbonyl (C=O) groups is 3. The SMILES string of the molecule is C=C(NC(=O)C(=C)n1cnc2c(-c3ccc4c(c3)CCN4C(C)=O)cccc2c1=O)C(=O)N1CCCCC1. The Morgan fingerprint density at radius 1 is 1.00 bits per heavy atom. The number of carbonyl (C=O) groups excluding carboxylic acids is 3. The monoisotopic (exact) mass is 511 g/mol. The quantitative estimate of drug-likeness (QED) is 0.530. The van der Waals surface area contributed by atoms with E-state index < -0.39 is 11.5 Å². The van der Waals surface area contributed by atoms with Crippen molar-refractivity contribution in [3.05, 3.63) is 77.5 Å². The van der Waals surface area contributed by atoms with Crippen LogP contribution in [0.1, 0.15) is 31.7 Å². The average Bonchev–Trinajstić information content (AvgIpc) is 3.36. The third-order valence-corrected chi connectivity index (χ3v) is 7.17. The van der Waals surface area contributed by atoms with Crippen LogP contribution in [0.25, 0.3) is 27.7 Å². The van der Waals surface area contributed by atoms with Crippen molar-refractivity contribution in [3.63, 3.8) is 0 Å². The van der Waals surface area contributed by atoms with Gasteiger partial charge in [0, 0.05) is 37.8 Å². The highest BCUT2D eigenvalue weighted by atomic mass is 16.2. The first-order valence-corrected chi connectivity index (χ1v) is 12.7. The molecular formula is C29H29N5O4. The number of piperidine rings is 1. The molecule has 3 amide bonds. The van der Waals surface area contributed by atoms with E-state index in [9.17, 15) is 19.2 Å². The maximum absolute atomic E-state index is 13.4. The van der Waals surface area contributed by atoms with Gasteiger partial charge in [-0.1, -0.05) is 31.4 Å². The molecule has 9 heteroatoms. The van der Waals surface area contributed by atoms with Crippen LogP contribution in [0.4, 0.5) is 5.69 Å². The third kappa shape index (κ3) is 4.51. The number of nitrogens with one attached hydrogen (secondary N) is 1. The fourth-order valence-corrected chi connectivity index (χ4v) is 5.13. The molecule has 0 unspecified atom stereocenters. The number of amides is 3. The molecule has 0 saturated carbocycles. The van der Waals surface area contributed by atoms with E-state index in [-0.39, 0.29) is 23.2 Å². The maximum atomic E-state index is 13.4. The number of rotatable bonds is 5. The topological polar surface area (TPSA) is 105 Å². The van der Waals surface area contributed by atoms with E-state index in [2.05, 4.69) is 23.5 Å². The molecule has 5 rings (SSSR count). The zero-order chi connectivity index (χ0) is 27.0. The summed E-state index contributed by atoms with van der Waals surface area (Å²) in [5.74, 6) is -1.03. The molecule has 1 saturated heterocycles. The summed E-state index contributed by atoms with van der Waals surface area (Å²) in [5, 5.41) is 2.81. The second kappa shape index (κ2) is 10.1. The van der Waals surface area contributed by atoms with Crippen molar-refractivity contribution in [2.24, 2.45) is 0 Å². The van der Waals surface area contributed by atoms with Crippen LogP contribution in [0.2, 0.25) is 0 Å². The largest absolute Gasteiger partial charge is 0.337 e. The Morgan fingerprint density at radius 3 is 2.50 bits per heavy atom. The second-order valence-corrected chi connectivity index (χ2v) is 9.62. The molecule has 3 aromatic rings. The highest BCUT2D eigenvalue weighted by molar-refractivity contribution is 6.15. The van der Waals surface area contributed by atoms with Crippen LogP contribution in [-0.4, -0.2) is 51.8 Å². The van der Waals surface area contributed by atoms with Crippen molar-refractivity contribution in [2.45, 2.75) is 32.6 Å². The summed E-state index contributed by atoms with van der Waals surface area (Å²) in [7, 11) is 0. The molecule has 194 valence electrons. The smallest absolute Gasteiger partial charge is 0.272 e. The molecule has 38 heavy (non-hydrogen) atoms. The van der Waals surface area contributed by atoms with E-state index in [1.165, 1.54) is 6.33 Å². The van der Waals surface area contributed by atoms with Crippen LogP contribution in [0.5, 0.6) is 0 Å². The number of hydrogen-bond donors (Lipinski definition) is 1. The minimum atomic E-state index is -0.701. The normalized spacial score (nSPS) is 14.8. The van der Waals surface area contributed by atoms with Crippen LogP contribution >= 0.6 is 0 Å². The summed E-state index contributed by atoms with van der Waals surface area (Å²) in [4.78, 5) is 58.6. The number of nitrogens with zero attached hydrogens (tertiary/aromatic N) is 4. The lowest BCUT2D eigenvalue weighted by Crippen LogP contribution is -2.41. The van der Waals surface area contributed by atoms with E-state index in [0.29, 0.717) is 30.5 Å². The van der Waals surface area contributed by atoms with Crippen LogP contribution in [-0.2, 0) is 20.8 Å². The number of para-hydroxylation sites is 1. The molecule has 2 aliphatic rings. The zero-order valence-electron chi connectivity index (χ0n) is 21.3. The van der Waals surface area contributed by atoms with E-state index in [4.69, 9.17) is 0 Å². The lowest BCUT2D eigenvalue weighted by atomic mass is 9.99. The molecule has 2 aliphatic heterocycles. The summed E-state index contributed by atoms with van der Waals surface area (Å²) in [5.41, 5.74) is 3.44. The molecule has 9 nitrogen and oxygen atoms in total. The fraction of sp³-hybridized carbons (Fsp3) is 0.276. The summed E-state index contributed by atoms with van der Waals surface area (Å²) in [6.07, 6.45) is 4.94. The van der Waals surface area contributed by atoms with Crippen LogP contribution < -0.4 is 15.8 Å². The minimum Gasteiger partial charge on any atom is -0.337 e. The molecule has 3 heterocycles. The van der Waals surface area contributed by atoms with E-state index >= 15 is 0 Å². The average molecular weight is 512 g/mol. The Labute approximate surface area is 220 Å². The van der Waals surface area contributed by atoms with Crippen molar-refractivity contribution in [1.29, 1.82) is 0 Å². The summed E-state index contributed by atoms with van der Waals surface area (Å²) < 4.78 is 1.08. The van der Waals surface area contributed by atoms with Crippen molar-refractivity contribution in [2.75, 3.05) is 24.5 Å². The Balaban J connectivity index is 1.40. The van der Waals surface area contributed by atoms with Crippen LogP contribution in [0.3, 0.4) is 0 Å². The van der Waals surface area contributed by atoms with Gasteiger partial charge in [0.1, 0.15) is 12.0 Å². The van der Waals surface area contributed by atoms with Crippen LogP contribution in [0, 0.1) is 0 Å². The molecule has 1 fully saturated rings. The Hall–Kier alpha value is -4.53. The first-order chi connectivity index (χ1) is 18.3. The highest BCUT2D eigenvalue weighted by Gasteiger charge is 2.24. The first-order valence-electron chi connectivity index (χ1n) is 12.7. The number of likely N-dealkylation sites (tertiary alicyclic amines) is 1. The molecule has 1 N–H and O–H groups in total. The molecule has 0 atom stereocenters. The third-order valence-electron chi connectivity index (χ3n) is 7.17. The highest BCUT2D eigenvalue weighted by Crippen LogP contribution is 2.34. The van der Waals surface area contributed by atoms with Gasteiger partial charge in [0.15, 0.2) is 0 Å². The van der Waals surface area contributed by atoms with Crippen molar-refractivity contribution in [1.82, 2.24) is 19.8 Å². The summed E-state index contributed by atoms with van der Waals surface area (Å²) in [6, 6.07) is 11.2. The van der Waals surface area contributed by atoms with Gasteiger partial charge in [-0.25, -0.2) is 4.98 Å². The zero-order valence-corrected chi connectivity index (χ0v) is 21.3. The molecule has 0 aliphatic carbocycles. The lowest BCUT2D eigenvalue weighted by Gasteiger charge is -2.27. The number of anilines is 1. The molecule has 0 bridgehead atoms. The molecule has 0 radical (unpaired) electrons. The summed E-state index contributed by atoms with van der Waals surface area (Å²) >= 11 is 0. The first kappa shape index (κ1) is 25.1. The Bertz CT molecular complexity index is 1560. The van der Waals surface area contributed by atoms with E-state index in [1.54, 1.807) is 28.9 Å². The van der Waals surface area contributed by atoms with Gasteiger partial charge in [0.05, 0.1) is 16.6 Å². The predicted octanol–water partition coefficient (Wildman–Crippen LogP) is 3.09. The standard InChI is InChI=1S/C29H29N5O4/c1-18(28(37)32-13-5-4-6-14-32)31-27(36)19(2)34-17-30-26-23(8-7-9-24(26)29(34)38)21-10-11-25-22(16-21)12-15-33(25)20(3)35/h7-11,16-17H,1-2,4-6,12-15H2,3H3,(H,31,36). The number of fused-ring (bicyclic) bond motifs is 2. The Morgan fingerprint density at radius 2 is 1.76 bits per heavy atom. The van der Waals surface area contributed by atoms with Crippen molar-refractivity contribution < 1.29 is 14.4 Å².